The highest BCUT2D eigenvalue weighted by Crippen LogP contribution is 2.40. The molecule has 2 saturated carbocycles. The van der Waals surface area contributed by atoms with Gasteiger partial charge in [-0.15, -0.1) is 0 Å². The molecule has 2 aliphatic rings. The van der Waals surface area contributed by atoms with Gasteiger partial charge in [0, 0.05) is 18.0 Å². The lowest BCUT2D eigenvalue weighted by molar-refractivity contribution is -0.141. The summed E-state index contributed by atoms with van der Waals surface area (Å²) in [4.78, 5) is 25.4. The molecule has 5 heteroatoms. The van der Waals surface area contributed by atoms with Crippen LogP contribution in [0.25, 0.3) is 0 Å². The molecule has 0 aliphatic heterocycles. The fourth-order valence-electron chi connectivity index (χ4n) is 2.62. The number of hydrogen-bond donors (Lipinski definition) is 0. The third kappa shape index (κ3) is 3.46. The summed E-state index contributed by atoms with van der Waals surface area (Å²) in [5.41, 5.74) is 1.78. The first kappa shape index (κ1) is 15.0. The van der Waals surface area contributed by atoms with E-state index in [0.29, 0.717) is 17.9 Å². The van der Waals surface area contributed by atoms with E-state index in [4.69, 9.17) is 0 Å². The number of amides is 1. The summed E-state index contributed by atoms with van der Waals surface area (Å²) in [7, 11) is 1.28. The smallest absolute Gasteiger partial charge is 0.325 e. The molecule has 2 unspecified atom stereocenters. The van der Waals surface area contributed by atoms with Crippen LogP contribution in [0.5, 0.6) is 0 Å². The highest BCUT2D eigenvalue weighted by atomic mass is 19.1. The molecular weight excluding hydrogens is 285 g/mol. The van der Waals surface area contributed by atoms with Crippen LogP contribution < -0.4 is 0 Å². The molecule has 0 saturated heterocycles. The van der Waals surface area contributed by atoms with Gasteiger partial charge in [-0.05, 0) is 42.9 Å². The van der Waals surface area contributed by atoms with Crippen molar-refractivity contribution >= 4 is 11.9 Å². The maximum Gasteiger partial charge on any atom is 0.325 e. The van der Waals surface area contributed by atoms with Crippen LogP contribution in [0.4, 0.5) is 4.39 Å². The lowest BCUT2D eigenvalue weighted by atomic mass is 10.1. The van der Waals surface area contributed by atoms with Crippen LogP contribution in [0.2, 0.25) is 0 Å². The van der Waals surface area contributed by atoms with Gasteiger partial charge < -0.3 is 9.64 Å². The van der Waals surface area contributed by atoms with Crippen molar-refractivity contribution in [3.8, 4) is 0 Å². The van der Waals surface area contributed by atoms with Gasteiger partial charge in [-0.1, -0.05) is 12.1 Å². The summed E-state index contributed by atoms with van der Waals surface area (Å²) >= 11 is 0. The fourth-order valence-corrected chi connectivity index (χ4v) is 2.62. The van der Waals surface area contributed by atoms with Crippen LogP contribution in [-0.4, -0.2) is 43.1 Å². The van der Waals surface area contributed by atoms with Crippen LogP contribution in [0.15, 0.2) is 24.3 Å². The number of nitrogens with zero attached hydrogens (tertiary/aromatic N) is 1. The molecule has 1 aromatic carbocycles. The van der Waals surface area contributed by atoms with Gasteiger partial charge in [-0.2, -0.15) is 0 Å². The van der Waals surface area contributed by atoms with Gasteiger partial charge in [-0.25, -0.2) is 4.39 Å². The molecule has 0 radical (unpaired) electrons. The molecule has 0 heterocycles. The minimum atomic E-state index is -0.856. The highest BCUT2D eigenvalue weighted by molar-refractivity contribution is 5.96. The van der Waals surface area contributed by atoms with Crippen molar-refractivity contribution in [3.05, 3.63) is 35.4 Å². The van der Waals surface area contributed by atoms with E-state index in [1.165, 1.54) is 30.4 Å². The maximum atomic E-state index is 13.1. The Bertz CT molecular complexity index is 568. The summed E-state index contributed by atoms with van der Waals surface area (Å²) in [5.74, 6) is -0.251. The van der Waals surface area contributed by atoms with E-state index in [-0.39, 0.29) is 24.9 Å². The van der Waals surface area contributed by atoms with E-state index < -0.39 is 12.1 Å². The molecule has 2 aliphatic carbocycles. The van der Waals surface area contributed by atoms with E-state index in [1.807, 2.05) is 12.1 Å². The molecule has 3 rings (SSSR count). The summed E-state index contributed by atoms with van der Waals surface area (Å²) in [6, 6.07) is 7.52. The first-order chi connectivity index (χ1) is 10.6. The van der Waals surface area contributed by atoms with Gasteiger partial charge >= 0.3 is 5.97 Å². The zero-order valence-corrected chi connectivity index (χ0v) is 12.6. The Morgan fingerprint density at radius 1 is 1.27 bits per heavy atom. The molecule has 0 aromatic heterocycles. The maximum absolute atomic E-state index is 13.1. The predicted molar refractivity (Wildman–Crippen MR) is 79.3 cm³/mol. The Labute approximate surface area is 129 Å². The van der Waals surface area contributed by atoms with E-state index in [9.17, 15) is 14.0 Å². The van der Waals surface area contributed by atoms with Crippen LogP contribution in [0, 0.1) is 5.92 Å². The third-order valence-corrected chi connectivity index (χ3v) is 4.33. The number of ether oxygens (including phenoxy) is 1. The van der Waals surface area contributed by atoms with Crippen molar-refractivity contribution in [2.24, 2.45) is 5.92 Å². The van der Waals surface area contributed by atoms with Gasteiger partial charge in [0.15, 0.2) is 0 Å². The topological polar surface area (TPSA) is 46.6 Å². The summed E-state index contributed by atoms with van der Waals surface area (Å²) in [6.45, 7) is 0.127. The van der Waals surface area contributed by atoms with Gasteiger partial charge in [0.25, 0.3) is 5.91 Å². The van der Waals surface area contributed by atoms with Crippen molar-refractivity contribution in [3.63, 3.8) is 0 Å². The number of rotatable bonds is 6. The monoisotopic (exact) mass is 305 g/mol. The second-order valence-corrected chi connectivity index (χ2v) is 6.17. The molecule has 22 heavy (non-hydrogen) atoms. The van der Waals surface area contributed by atoms with Gasteiger partial charge in [0.05, 0.1) is 7.11 Å². The Morgan fingerprint density at radius 2 is 1.91 bits per heavy atom. The fraction of sp³-hybridized carbons (Fsp3) is 0.529. The first-order valence-corrected chi connectivity index (χ1v) is 7.68. The van der Waals surface area contributed by atoms with Crippen LogP contribution in [0.1, 0.15) is 41.1 Å². The molecule has 118 valence electrons. The number of methoxy groups -OCH3 is 1. The predicted octanol–water partition coefficient (Wildman–Crippen LogP) is 2.54. The lowest BCUT2D eigenvalue weighted by Crippen LogP contribution is -2.38. The van der Waals surface area contributed by atoms with E-state index in [0.717, 1.165) is 0 Å². The number of esters is 1. The van der Waals surface area contributed by atoms with Crippen molar-refractivity contribution in [1.29, 1.82) is 0 Å². The number of alkyl halides is 1. The molecule has 4 nitrogen and oxygen atoms in total. The second kappa shape index (κ2) is 6.07. The number of carbonyl (C=O) groups excluding carboxylic acids is 2. The standard InChI is InChI=1S/C17H20FNO3/c1-22-16(20)10-19(9-14-8-15(14)18)17(21)13-6-4-12(5-7-13)11-2-3-11/h4-7,11,14-15H,2-3,8-10H2,1H3. The SMILES string of the molecule is COC(=O)CN(CC1CC1F)C(=O)c1ccc(C2CC2)cc1. The van der Waals surface area contributed by atoms with Crippen LogP contribution in [0.3, 0.4) is 0 Å². The number of carbonyl (C=O) groups is 2. The quantitative estimate of drug-likeness (QED) is 0.759. The van der Waals surface area contributed by atoms with Crippen molar-refractivity contribution in [2.45, 2.75) is 31.4 Å². The number of benzene rings is 1. The molecule has 0 N–H and O–H groups in total. The molecule has 2 atom stereocenters. The van der Waals surface area contributed by atoms with Gasteiger partial charge in [-0.3, -0.25) is 9.59 Å². The first-order valence-electron chi connectivity index (χ1n) is 7.68. The lowest BCUT2D eigenvalue weighted by Gasteiger charge is -2.21. The highest BCUT2D eigenvalue weighted by Gasteiger charge is 2.40. The van der Waals surface area contributed by atoms with Crippen LogP contribution >= 0.6 is 0 Å². The Hall–Kier alpha value is -1.91. The molecule has 0 spiro atoms. The largest absolute Gasteiger partial charge is 0.468 e. The number of halogens is 1. The normalized spacial score (nSPS) is 23.0. The van der Waals surface area contributed by atoms with Gasteiger partial charge in [0.1, 0.15) is 12.7 Å². The van der Waals surface area contributed by atoms with Crippen LogP contribution in [-0.2, 0) is 9.53 Å². The van der Waals surface area contributed by atoms with E-state index in [1.54, 1.807) is 12.1 Å². The Kier molecular flexibility index (Phi) is 4.14. The minimum Gasteiger partial charge on any atom is -0.468 e. The molecule has 1 amide bonds. The van der Waals surface area contributed by atoms with Crippen molar-refractivity contribution in [1.82, 2.24) is 4.90 Å². The average Bonchev–Trinajstić information content (AvgIpc) is 3.44. The zero-order chi connectivity index (χ0) is 15.7. The summed E-state index contributed by atoms with van der Waals surface area (Å²) < 4.78 is 17.7. The molecule has 2 fully saturated rings. The van der Waals surface area contributed by atoms with Gasteiger partial charge in [0.2, 0.25) is 0 Å². The second-order valence-electron chi connectivity index (χ2n) is 6.17. The molecule has 0 bridgehead atoms. The molecule has 1 aromatic rings. The van der Waals surface area contributed by atoms with Crippen molar-refractivity contribution in [2.75, 3.05) is 20.2 Å². The minimum absolute atomic E-state index is 0.136. The average molecular weight is 305 g/mol. The summed E-state index contributed by atoms with van der Waals surface area (Å²) in [6.07, 6.45) is 2.03. The zero-order valence-electron chi connectivity index (χ0n) is 12.6. The molecular formula is C17H20FNO3. The van der Waals surface area contributed by atoms with Crippen molar-refractivity contribution < 1.29 is 18.7 Å². The third-order valence-electron chi connectivity index (χ3n) is 4.33. The number of hydrogen-bond acceptors (Lipinski definition) is 3. The summed E-state index contributed by atoms with van der Waals surface area (Å²) in [5, 5.41) is 0. The van der Waals surface area contributed by atoms with E-state index >= 15 is 0 Å². The van der Waals surface area contributed by atoms with E-state index in [2.05, 4.69) is 4.74 Å². The Morgan fingerprint density at radius 3 is 2.41 bits per heavy atom. The Balaban J connectivity index is 1.70.